The van der Waals surface area contributed by atoms with Gasteiger partial charge in [-0.15, -0.1) is 0 Å². The van der Waals surface area contributed by atoms with Crippen LogP contribution in [0.2, 0.25) is 0 Å². The van der Waals surface area contributed by atoms with Gasteiger partial charge in [-0.25, -0.2) is 4.79 Å². The summed E-state index contributed by atoms with van der Waals surface area (Å²) in [5.41, 5.74) is 2.04. The minimum atomic E-state index is -0.485. The van der Waals surface area contributed by atoms with E-state index in [4.69, 9.17) is 14.2 Å². The fourth-order valence-electron chi connectivity index (χ4n) is 2.74. The van der Waals surface area contributed by atoms with E-state index >= 15 is 0 Å². The van der Waals surface area contributed by atoms with Gasteiger partial charge in [0.05, 0.1) is 19.3 Å². The van der Waals surface area contributed by atoms with Crippen molar-refractivity contribution in [2.45, 2.75) is 13.8 Å². The van der Waals surface area contributed by atoms with Gasteiger partial charge >= 0.3 is 5.97 Å². The second kappa shape index (κ2) is 7.95. The number of ketones is 1. The topological polar surface area (TPSA) is 71.1 Å². The summed E-state index contributed by atoms with van der Waals surface area (Å²) in [6.07, 6.45) is 1.69. The van der Waals surface area contributed by atoms with Crippen LogP contribution in [-0.2, 0) is 9.53 Å². The lowest BCUT2D eigenvalue weighted by atomic mass is 10.0. The van der Waals surface area contributed by atoms with Gasteiger partial charge in [0.15, 0.2) is 12.4 Å². The van der Waals surface area contributed by atoms with Gasteiger partial charge in [0.2, 0.25) is 5.78 Å². The molecule has 0 saturated carbocycles. The predicted molar refractivity (Wildman–Crippen MR) is 99.2 cm³/mol. The average Bonchev–Trinajstić information content (AvgIpc) is 2.97. The summed E-state index contributed by atoms with van der Waals surface area (Å²) >= 11 is 0. The van der Waals surface area contributed by atoms with E-state index in [1.54, 1.807) is 25.1 Å². The van der Waals surface area contributed by atoms with Crippen LogP contribution >= 0.6 is 0 Å². The molecule has 0 N–H and O–H groups in total. The number of carbonyl (C=O) groups is 2. The number of hydrogen-bond donors (Lipinski definition) is 0. The predicted octanol–water partition coefficient (Wildman–Crippen LogP) is 3.56. The highest BCUT2D eigenvalue weighted by Gasteiger charge is 2.30. The van der Waals surface area contributed by atoms with Crippen LogP contribution in [0.3, 0.4) is 0 Å². The first-order valence-electron chi connectivity index (χ1n) is 8.53. The molecule has 6 heteroatoms. The first kappa shape index (κ1) is 18.5. The Morgan fingerprint density at radius 2 is 1.85 bits per heavy atom. The molecule has 3 rings (SSSR count). The molecule has 0 saturated heterocycles. The Bertz CT molecular complexity index is 896. The van der Waals surface area contributed by atoms with Crippen molar-refractivity contribution >= 4 is 17.8 Å². The van der Waals surface area contributed by atoms with E-state index in [-0.39, 0.29) is 18.1 Å². The van der Waals surface area contributed by atoms with Crippen molar-refractivity contribution in [3.63, 3.8) is 0 Å². The van der Waals surface area contributed by atoms with Gasteiger partial charge in [-0.3, -0.25) is 4.79 Å². The van der Waals surface area contributed by atoms with Gasteiger partial charge in [-0.2, -0.15) is 0 Å². The second-order valence-electron chi connectivity index (χ2n) is 5.92. The molecule has 0 aromatic heterocycles. The van der Waals surface area contributed by atoms with Crippen molar-refractivity contribution in [1.29, 1.82) is 0 Å². The number of allylic oxidation sites excluding steroid dienone is 1. The van der Waals surface area contributed by atoms with Crippen molar-refractivity contribution in [2.24, 2.45) is 0 Å². The second-order valence-corrected chi connectivity index (χ2v) is 5.92. The molecule has 1 heterocycles. The van der Waals surface area contributed by atoms with Crippen LogP contribution in [0.1, 0.15) is 28.4 Å². The van der Waals surface area contributed by atoms with Crippen LogP contribution in [0, 0.1) is 6.92 Å². The number of carbonyl (C=O) groups excluding carboxylic acids is 2. The summed E-state index contributed by atoms with van der Waals surface area (Å²) < 4.78 is 21.1. The molecule has 6 nitrogen and oxygen atoms in total. The van der Waals surface area contributed by atoms with Crippen molar-refractivity contribution < 1.29 is 28.5 Å². The van der Waals surface area contributed by atoms with Gasteiger partial charge in [0.25, 0.3) is 0 Å². The highest BCUT2D eigenvalue weighted by Crippen LogP contribution is 2.37. The summed E-state index contributed by atoms with van der Waals surface area (Å²) in [6, 6.07) is 10.7. The molecule has 0 unspecified atom stereocenters. The van der Waals surface area contributed by atoms with Crippen molar-refractivity contribution in [3.05, 3.63) is 58.8 Å². The van der Waals surface area contributed by atoms with Crippen LogP contribution in [0.25, 0.3) is 6.08 Å². The standard InChI is InChI=1S/C21H20O6/c1-4-25-15-7-5-14(6-8-15)10-18-21(23)20-13(2)9-16(11-17(20)27-18)26-12-19(22)24-3/h5-11H,4,12H2,1-3H3/b18-10-. The zero-order chi connectivity index (χ0) is 19.4. The molecule has 0 spiro atoms. The Hall–Kier alpha value is -3.28. The first-order chi connectivity index (χ1) is 13.0. The Morgan fingerprint density at radius 3 is 2.52 bits per heavy atom. The summed E-state index contributed by atoms with van der Waals surface area (Å²) in [5, 5.41) is 0. The van der Waals surface area contributed by atoms with E-state index in [1.165, 1.54) is 7.11 Å². The molecule has 0 fully saturated rings. The molecule has 0 radical (unpaired) electrons. The van der Waals surface area contributed by atoms with Gasteiger partial charge in [0.1, 0.15) is 17.2 Å². The molecule has 1 aliphatic heterocycles. The zero-order valence-electron chi connectivity index (χ0n) is 15.4. The first-order valence-corrected chi connectivity index (χ1v) is 8.53. The Kier molecular flexibility index (Phi) is 5.45. The number of esters is 1. The molecular weight excluding hydrogens is 348 g/mol. The van der Waals surface area contributed by atoms with E-state index in [0.717, 1.165) is 11.3 Å². The molecule has 0 atom stereocenters. The van der Waals surface area contributed by atoms with E-state index in [2.05, 4.69) is 4.74 Å². The third kappa shape index (κ3) is 4.11. The molecule has 2 aromatic carbocycles. The van der Waals surface area contributed by atoms with Gasteiger partial charge < -0.3 is 18.9 Å². The Balaban J connectivity index is 1.81. The van der Waals surface area contributed by atoms with E-state index in [0.29, 0.717) is 29.2 Å². The fraction of sp³-hybridized carbons (Fsp3) is 0.238. The third-order valence-corrected chi connectivity index (χ3v) is 4.02. The number of benzene rings is 2. The maximum atomic E-state index is 12.7. The van der Waals surface area contributed by atoms with Crippen molar-refractivity contribution in [3.8, 4) is 17.2 Å². The smallest absolute Gasteiger partial charge is 0.343 e. The average molecular weight is 368 g/mol. The largest absolute Gasteiger partial charge is 0.494 e. The van der Waals surface area contributed by atoms with Crippen molar-refractivity contribution in [1.82, 2.24) is 0 Å². The number of rotatable bonds is 6. The molecule has 27 heavy (non-hydrogen) atoms. The lowest BCUT2D eigenvalue weighted by molar-refractivity contribution is -0.142. The maximum absolute atomic E-state index is 12.7. The van der Waals surface area contributed by atoms with Crippen molar-refractivity contribution in [2.75, 3.05) is 20.3 Å². The normalized spacial score (nSPS) is 13.9. The summed E-state index contributed by atoms with van der Waals surface area (Å²) in [6.45, 7) is 4.10. The van der Waals surface area contributed by atoms with Crippen LogP contribution in [-0.4, -0.2) is 32.1 Å². The minimum Gasteiger partial charge on any atom is -0.494 e. The lowest BCUT2D eigenvalue weighted by Gasteiger charge is -2.08. The maximum Gasteiger partial charge on any atom is 0.343 e. The van der Waals surface area contributed by atoms with Gasteiger partial charge in [-0.1, -0.05) is 12.1 Å². The van der Waals surface area contributed by atoms with Crippen LogP contribution in [0.15, 0.2) is 42.2 Å². The van der Waals surface area contributed by atoms with E-state index in [1.807, 2.05) is 31.2 Å². The lowest BCUT2D eigenvalue weighted by Crippen LogP contribution is -2.12. The highest BCUT2D eigenvalue weighted by atomic mass is 16.6. The monoisotopic (exact) mass is 368 g/mol. The summed E-state index contributed by atoms with van der Waals surface area (Å²) in [4.78, 5) is 23.9. The molecule has 2 aromatic rings. The summed E-state index contributed by atoms with van der Waals surface area (Å²) in [5.74, 6) is 1.19. The minimum absolute atomic E-state index is 0.184. The molecular formula is C21H20O6. The van der Waals surface area contributed by atoms with Gasteiger partial charge in [-0.05, 0) is 49.2 Å². The van der Waals surface area contributed by atoms with Gasteiger partial charge in [0, 0.05) is 6.07 Å². The number of methoxy groups -OCH3 is 1. The molecule has 140 valence electrons. The zero-order valence-corrected chi connectivity index (χ0v) is 15.4. The third-order valence-electron chi connectivity index (χ3n) is 4.02. The van der Waals surface area contributed by atoms with E-state index < -0.39 is 5.97 Å². The van der Waals surface area contributed by atoms with Crippen LogP contribution in [0.4, 0.5) is 0 Å². The van der Waals surface area contributed by atoms with Crippen LogP contribution in [0.5, 0.6) is 17.2 Å². The van der Waals surface area contributed by atoms with Crippen LogP contribution < -0.4 is 14.2 Å². The molecule has 0 bridgehead atoms. The number of ether oxygens (including phenoxy) is 4. The summed E-state index contributed by atoms with van der Waals surface area (Å²) in [7, 11) is 1.29. The number of fused-ring (bicyclic) bond motifs is 1. The Morgan fingerprint density at radius 1 is 1.11 bits per heavy atom. The molecule has 0 amide bonds. The molecule has 1 aliphatic rings. The quantitative estimate of drug-likeness (QED) is 0.573. The highest BCUT2D eigenvalue weighted by molar-refractivity contribution is 6.15. The molecule has 0 aliphatic carbocycles. The number of hydrogen-bond acceptors (Lipinski definition) is 6. The fourth-order valence-corrected chi connectivity index (χ4v) is 2.74. The number of aryl methyl sites for hydroxylation is 1. The number of Topliss-reactive ketones (excluding diaryl/α,β-unsaturated/α-hetero) is 1. The van der Waals surface area contributed by atoms with E-state index in [9.17, 15) is 9.59 Å². The Labute approximate surface area is 157 Å². The SMILES string of the molecule is CCOc1ccc(/C=C2\Oc3cc(OCC(=O)OC)cc(C)c3C2=O)cc1.